The van der Waals surface area contributed by atoms with Crippen LogP contribution in [-0.2, 0) is 4.79 Å². The Kier molecular flexibility index (Phi) is 7.05. The number of nitrogens with one attached hydrogen (secondary N) is 1. The van der Waals surface area contributed by atoms with Crippen molar-refractivity contribution in [2.75, 3.05) is 12.0 Å². The number of halogens is 1. The number of aromatic nitrogens is 1. The van der Waals surface area contributed by atoms with Crippen LogP contribution in [0.15, 0.2) is 53.9 Å². The summed E-state index contributed by atoms with van der Waals surface area (Å²) in [5, 5.41) is 5.63. The Morgan fingerprint density at radius 1 is 1.17 bits per heavy atom. The van der Waals surface area contributed by atoms with E-state index in [1.807, 2.05) is 55.3 Å². The van der Waals surface area contributed by atoms with Gasteiger partial charge in [0.15, 0.2) is 5.13 Å². The molecule has 7 heteroatoms. The highest BCUT2D eigenvalue weighted by Crippen LogP contribution is 2.35. The summed E-state index contributed by atoms with van der Waals surface area (Å²) in [7, 11) is 1.62. The smallest absolute Gasteiger partial charge is 0.243 e. The molecule has 0 unspecified atom stereocenters. The van der Waals surface area contributed by atoms with E-state index in [1.54, 1.807) is 19.2 Å². The molecular weight excluding hydrogens is 401 g/mol. The van der Waals surface area contributed by atoms with Crippen LogP contribution in [0.3, 0.4) is 0 Å². The molecular formula is C23H26FN3O2S. The topological polar surface area (TPSA) is 54.5 Å². The Morgan fingerprint density at radius 3 is 2.40 bits per heavy atom. The van der Waals surface area contributed by atoms with Gasteiger partial charge in [-0.05, 0) is 68.8 Å². The zero-order chi connectivity index (χ0) is 21.7. The zero-order valence-electron chi connectivity index (χ0n) is 17.6. The summed E-state index contributed by atoms with van der Waals surface area (Å²) in [6, 6.07) is 13.4. The van der Waals surface area contributed by atoms with Crippen LogP contribution < -0.4 is 15.0 Å². The molecule has 30 heavy (non-hydrogen) atoms. The van der Waals surface area contributed by atoms with Gasteiger partial charge >= 0.3 is 0 Å². The Morgan fingerprint density at radius 2 is 1.83 bits per heavy atom. The molecule has 0 bridgehead atoms. The molecule has 3 rings (SSSR count). The second-order valence-electron chi connectivity index (χ2n) is 7.18. The van der Waals surface area contributed by atoms with Crippen molar-refractivity contribution < 1.29 is 13.9 Å². The summed E-state index contributed by atoms with van der Waals surface area (Å²) in [5.74, 6) is 0.400. The number of hydrogen-bond acceptors (Lipinski definition) is 5. The van der Waals surface area contributed by atoms with Crippen LogP contribution in [0.5, 0.6) is 5.75 Å². The molecule has 0 spiro atoms. The maximum Gasteiger partial charge on any atom is 0.243 e. The summed E-state index contributed by atoms with van der Waals surface area (Å²) in [6.07, 6.45) is 0.607. The standard InChI is InChI=1S/C23H26FN3O2S/c1-5-21(22(28)25-15(2)3)27(18-10-12-19(29-4)13-11-18)23-26-20(14-30-23)16-6-8-17(24)9-7-16/h6-15,21H,5H2,1-4H3,(H,25,28)/t21-/m0/s1. The van der Waals surface area contributed by atoms with Crippen molar-refractivity contribution in [3.8, 4) is 17.0 Å². The van der Waals surface area contributed by atoms with Gasteiger partial charge in [-0.1, -0.05) is 6.92 Å². The number of amides is 1. The summed E-state index contributed by atoms with van der Waals surface area (Å²) >= 11 is 1.45. The summed E-state index contributed by atoms with van der Waals surface area (Å²) in [6.45, 7) is 5.87. The number of benzene rings is 2. The van der Waals surface area contributed by atoms with Crippen molar-refractivity contribution in [2.24, 2.45) is 0 Å². The van der Waals surface area contributed by atoms with Crippen LogP contribution >= 0.6 is 11.3 Å². The summed E-state index contributed by atoms with van der Waals surface area (Å²) < 4.78 is 18.6. The lowest BCUT2D eigenvalue weighted by Gasteiger charge is -2.30. The van der Waals surface area contributed by atoms with Crippen LogP contribution in [0.1, 0.15) is 27.2 Å². The molecule has 0 saturated heterocycles. The third-order valence-corrected chi connectivity index (χ3v) is 5.46. The molecule has 0 aliphatic carbocycles. The normalized spacial score (nSPS) is 11.9. The fourth-order valence-corrected chi connectivity index (χ4v) is 4.06. The number of nitrogens with zero attached hydrogens (tertiary/aromatic N) is 2. The maximum atomic E-state index is 13.3. The Bertz CT molecular complexity index is 971. The SMILES string of the molecule is CC[C@@H](C(=O)NC(C)C)N(c1ccc(OC)cc1)c1nc(-c2ccc(F)cc2)cs1. The highest BCUT2D eigenvalue weighted by molar-refractivity contribution is 7.14. The molecule has 1 heterocycles. The van der Waals surface area contributed by atoms with Crippen molar-refractivity contribution in [3.63, 3.8) is 0 Å². The summed E-state index contributed by atoms with van der Waals surface area (Å²) in [4.78, 5) is 19.7. The van der Waals surface area contributed by atoms with E-state index >= 15 is 0 Å². The van der Waals surface area contributed by atoms with E-state index in [9.17, 15) is 9.18 Å². The number of anilines is 2. The molecule has 3 aromatic rings. The fraction of sp³-hybridized carbons (Fsp3) is 0.304. The van der Waals surface area contributed by atoms with E-state index < -0.39 is 6.04 Å². The molecule has 1 amide bonds. The minimum absolute atomic E-state index is 0.0374. The zero-order valence-corrected chi connectivity index (χ0v) is 18.4. The van der Waals surface area contributed by atoms with Gasteiger partial charge in [0.2, 0.25) is 5.91 Å². The second-order valence-corrected chi connectivity index (χ2v) is 8.01. The Labute approximate surface area is 180 Å². The third kappa shape index (κ3) is 4.97. The minimum atomic E-state index is -0.423. The average Bonchev–Trinajstić information content (AvgIpc) is 3.21. The van der Waals surface area contributed by atoms with Gasteiger partial charge in [-0.15, -0.1) is 11.3 Å². The fourth-order valence-electron chi connectivity index (χ4n) is 3.16. The lowest BCUT2D eigenvalue weighted by atomic mass is 10.1. The molecule has 0 radical (unpaired) electrons. The number of carbonyl (C=O) groups excluding carboxylic acids is 1. The van der Waals surface area contributed by atoms with Gasteiger partial charge in [-0.2, -0.15) is 0 Å². The van der Waals surface area contributed by atoms with Crippen LogP contribution in [0, 0.1) is 5.82 Å². The van der Waals surface area contributed by atoms with E-state index in [0.29, 0.717) is 11.6 Å². The second kappa shape index (κ2) is 9.71. The molecule has 5 nitrogen and oxygen atoms in total. The first kappa shape index (κ1) is 21.8. The van der Waals surface area contributed by atoms with Gasteiger partial charge in [-0.25, -0.2) is 9.37 Å². The minimum Gasteiger partial charge on any atom is -0.497 e. The van der Waals surface area contributed by atoms with Gasteiger partial charge in [0, 0.05) is 22.7 Å². The van der Waals surface area contributed by atoms with E-state index in [-0.39, 0.29) is 17.8 Å². The molecule has 0 aliphatic heterocycles. The first-order valence-electron chi connectivity index (χ1n) is 9.88. The number of ether oxygens (including phenoxy) is 1. The lowest BCUT2D eigenvalue weighted by Crippen LogP contribution is -2.46. The molecule has 0 saturated carbocycles. The van der Waals surface area contributed by atoms with Gasteiger partial charge in [0.05, 0.1) is 12.8 Å². The van der Waals surface area contributed by atoms with Crippen molar-refractivity contribution in [3.05, 3.63) is 59.7 Å². The predicted molar refractivity (Wildman–Crippen MR) is 120 cm³/mol. The number of hydrogen-bond donors (Lipinski definition) is 1. The molecule has 1 atom stereocenters. The van der Waals surface area contributed by atoms with Crippen molar-refractivity contribution >= 4 is 28.1 Å². The number of rotatable bonds is 8. The van der Waals surface area contributed by atoms with E-state index in [1.165, 1.54) is 23.5 Å². The lowest BCUT2D eigenvalue weighted by molar-refractivity contribution is -0.122. The number of methoxy groups -OCH3 is 1. The van der Waals surface area contributed by atoms with E-state index in [2.05, 4.69) is 5.32 Å². The first-order chi connectivity index (χ1) is 14.4. The van der Waals surface area contributed by atoms with Crippen LogP contribution in [0.2, 0.25) is 0 Å². The monoisotopic (exact) mass is 427 g/mol. The third-order valence-electron chi connectivity index (χ3n) is 4.62. The highest BCUT2D eigenvalue weighted by Gasteiger charge is 2.28. The van der Waals surface area contributed by atoms with Crippen molar-refractivity contribution in [2.45, 2.75) is 39.3 Å². The largest absolute Gasteiger partial charge is 0.497 e. The molecule has 1 N–H and O–H groups in total. The van der Waals surface area contributed by atoms with E-state index in [4.69, 9.17) is 9.72 Å². The molecule has 1 aromatic heterocycles. The van der Waals surface area contributed by atoms with Crippen LogP contribution in [0.25, 0.3) is 11.3 Å². The Hall–Kier alpha value is -2.93. The predicted octanol–water partition coefficient (Wildman–Crippen LogP) is 5.40. The van der Waals surface area contributed by atoms with Crippen LogP contribution in [0.4, 0.5) is 15.2 Å². The van der Waals surface area contributed by atoms with Crippen LogP contribution in [-0.4, -0.2) is 30.1 Å². The van der Waals surface area contributed by atoms with E-state index in [0.717, 1.165) is 22.7 Å². The molecule has 0 aliphatic rings. The van der Waals surface area contributed by atoms with Gasteiger partial charge in [-0.3, -0.25) is 4.79 Å². The average molecular weight is 428 g/mol. The molecule has 158 valence electrons. The molecule has 0 fully saturated rings. The number of carbonyl (C=O) groups is 1. The summed E-state index contributed by atoms with van der Waals surface area (Å²) in [5.41, 5.74) is 2.42. The van der Waals surface area contributed by atoms with Gasteiger partial charge < -0.3 is 15.0 Å². The van der Waals surface area contributed by atoms with Crippen molar-refractivity contribution in [1.29, 1.82) is 0 Å². The Balaban J connectivity index is 2.02. The van der Waals surface area contributed by atoms with Gasteiger partial charge in [0.1, 0.15) is 17.6 Å². The first-order valence-corrected chi connectivity index (χ1v) is 10.8. The number of thiazole rings is 1. The van der Waals surface area contributed by atoms with Gasteiger partial charge in [0.25, 0.3) is 0 Å². The van der Waals surface area contributed by atoms with Crippen molar-refractivity contribution in [1.82, 2.24) is 10.3 Å². The maximum absolute atomic E-state index is 13.3. The molecule has 2 aromatic carbocycles. The highest BCUT2D eigenvalue weighted by atomic mass is 32.1. The quantitative estimate of drug-likeness (QED) is 0.523.